The van der Waals surface area contributed by atoms with E-state index in [9.17, 15) is 29.1 Å². The van der Waals surface area contributed by atoms with E-state index < -0.39 is 69.9 Å². The molecule has 10 nitrogen and oxygen atoms in total. The summed E-state index contributed by atoms with van der Waals surface area (Å²) in [7, 11) is 1.27. The second-order valence-electron chi connectivity index (χ2n) is 11.7. The third-order valence-corrected chi connectivity index (χ3v) is 8.84. The van der Waals surface area contributed by atoms with Crippen LogP contribution in [-0.2, 0) is 38.2 Å². The highest BCUT2D eigenvalue weighted by Gasteiger charge is 2.64. The number of carbonyl (C=O) groups is 5. The summed E-state index contributed by atoms with van der Waals surface area (Å²) in [5, 5.41) is 12.4. The van der Waals surface area contributed by atoms with E-state index in [1.54, 1.807) is 32.9 Å². The molecule has 1 saturated carbocycles. The second-order valence-corrected chi connectivity index (χ2v) is 11.7. The molecule has 6 unspecified atom stereocenters. The summed E-state index contributed by atoms with van der Waals surface area (Å²) < 4.78 is 21.5. The predicted octanol–water partition coefficient (Wildman–Crippen LogP) is 3.58. The first-order valence-corrected chi connectivity index (χ1v) is 13.4. The molecule has 1 fully saturated rings. The van der Waals surface area contributed by atoms with Crippen LogP contribution in [0.1, 0.15) is 72.0 Å². The van der Waals surface area contributed by atoms with Gasteiger partial charge in [-0.2, -0.15) is 0 Å². The lowest BCUT2D eigenvalue weighted by Crippen LogP contribution is -2.62. The van der Waals surface area contributed by atoms with Crippen molar-refractivity contribution in [2.75, 3.05) is 7.11 Å². The van der Waals surface area contributed by atoms with E-state index in [0.717, 1.165) is 6.08 Å². The lowest BCUT2D eigenvalue weighted by Gasteiger charge is -2.52. The number of esters is 3. The first kappa shape index (κ1) is 29.5. The van der Waals surface area contributed by atoms with Gasteiger partial charge in [-0.1, -0.05) is 40.7 Å². The number of Topliss-reactive ketones (excluding diaryl/α,β-unsaturated/α-hetero) is 2. The molecule has 3 aliphatic rings. The molecule has 1 N–H and O–H groups in total. The van der Waals surface area contributed by atoms with Crippen molar-refractivity contribution in [3.05, 3.63) is 47.5 Å². The van der Waals surface area contributed by atoms with E-state index in [1.807, 2.05) is 13.8 Å². The van der Waals surface area contributed by atoms with Gasteiger partial charge in [-0.3, -0.25) is 19.2 Å². The number of hydrogen-bond acceptors (Lipinski definition) is 10. The molecule has 2 aliphatic carbocycles. The summed E-state index contributed by atoms with van der Waals surface area (Å²) in [6.45, 7) is 8.62. The molecule has 6 atom stereocenters. The fourth-order valence-electron chi connectivity index (χ4n) is 6.54. The summed E-state index contributed by atoms with van der Waals surface area (Å²) in [6, 6.07) is 1.63. The van der Waals surface area contributed by atoms with E-state index in [0.29, 0.717) is 5.56 Å². The standard InChI is InChI=1S/C30H36O10/c1-7-22(32)39-27(18-14-28(3,4)19(12-23(33)37-6)16(2)25(18)35)30(36)20-13-24(34)40-26(17-9-11-38-15-17)29(20,5)10-8-21(30)31/h9,11,13-16,19,26-27,36H,7-8,10,12H2,1-6H3. The molecule has 2 heterocycles. The number of aliphatic hydroxyl groups is 1. The Morgan fingerprint density at radius 3 is 2.48 bits per heavy atom. The van der Waals surface area contributed by atoms with Crippen LogP contribution >= 0.6 is 0 Å². The minimum atomic E-state index is -2.52. The number of methoxy groups -OCH3 is 1. The number of allylic oxidation sites excluding steroid dienone is 1. The number of furan rings is 1. The van der Waals surface area contributed by atoms with Gasteiger partial charge in [0.15, 0.2) is 23.3 Å². The van der Waals surface area contributed by atoms with Gasteiger partial charge in [-0.05, 0) is 29.4 Å². The predicted molar refractivity (Wildman–Crippen MR) is 139 cm³/mol. The van der Waals surface area contributed by atoms with Gasteiger partial charge in [0.1, 0.15) is 6.10 Å². The van der Waals surface area contributed by atoms with Crippen LogP contribution in [0.25, 0.3) is 0 Å². The molecular formula is C30H36O10. The number of ether oxygens (including phenoxy) is 3. The molecule has 216 valence electrons. The molecule has 10 heteroatoms. The number of hydrogen-bond donors (Lipinski definition) is 1. The van der Waals surface area contributed by atoms with Crippen LogP contribution in [0.2, 0.25) is 0 Å². The molecule has 1 aliphatic heterocycles. The summed E-state index contributed by atoms with van der Waals surface area (Å²) in [5.74, 6) is -4.33. The van der Waals surface area contributed by atoms with Gasteiger partial charge in [0.05, 0.1) is 19.6 Å². The van der Waals surface area contributed by atoms with Crippen LogP contribution in [0.15, 0.2) is 46.3 Å². The van der Waals surface area contributed by atoms with Crippen LogP contribution < -0.4 is 0 Å². The summed E-state index contributed by atoms with van der Waals surface area (Å²) in [6.07, 6.45) is 2.89. The Balaban J connectivity index is 1.90. The van der Waals surface area contributed by atoms with Gasteiger partial charge in [-0.25, -0.2) is 4.79 Å². The molecule has 0 amide bonds. The number of ketones is 2. The fraction of sp³-hybridized carbons (Fsp3) is 0.567. The first-order chi connectivity index (χ1) is 18.7. The fourth-order valence-corrected chi connectivity index (χ4v) is 6.54. The van der Waals surface area contributed by atoms with Crippen molar-refractivity contribution < 1.29 is 47.7 Å². The Bertz CT molecular complexity index is 1290. The van der Waals surface area contributed by atoms with Gasteiger partial charge in [0, 0.05) is 47.8 Å². The molecular weight excluding hydrogens is 520 g/mol. The smallest absolute Gasteiger partial charge is 0.331 e. The van der Waals surface area contributed by atoms with Crippen LogP contribution in [0.4, 0.5) is 0 Å². The van der Waals surface area contributed by atoms with Crippen LogP contribution in [0.5, 0.6) is 0 Å². The average molecular weight is 557 g/mol. The molecule has 1 aromatic rings. The van der Waals surface area contributed by atoms with Gasteiger partial charge < -0.3 is 23.7 Å². The monoisotopic (exact) mass is 556 g/mol. The maximum Gasteiger partial charge on any atom is 0.331 e. The lowest BCUT2D eigenvalue weighted by molar-refractivity contribution is -0.174. The maximum absolute atomic E-state index is 13.9. The lowest BCUT2D eigenvalue weighted by atomic mass is 9.56. The van der Waals surface area contributed by atoms with E-state index in [1.165, 1.54) is 19.6 Å². The largest absolute Gasteiger partial charge is 0.472 e. The highest BCUT2D eigenvalue weighted by atomic mass is 16.6. The number of carbonyl (C=O) groups excluding carboxylic acids is 5. The Morgan fingerprint density at radius 2 is 1.88 bits per heavy atom. The second kappa shape index (κ2) is 10.5. The van der Waals surface area contributed by atoms with Gasteiger partial charge in [0.2, 0.25) is 0 Å². The quantitative estimate of drug-likeness (QED) is 0.390. The number of fused-ring (bicyclic) bond motifs is 1. The summed E-state index contributed by atoms with van der Waals surface area (Å²) in [4.78, 5) is 65.3. The normalized spacial score (nSPS) is 32.3. The van der Waals surface area contributed by atoms with E-state index in [-0.39, 0.29) is 36.8 Å². The average Bonchev–Trinajstić information content (AvgIpc) is 3.45. The molecule has 0 saturated heterocycles. The maximum atomic E-state index is 13.9. The first-order valence-electron chi connectivity index (χ1n) is 13.4. The highest BCUT2D eigenvalue weighted by molar-refractivity contribution is 6.04. The molecule has 0 radical (unpaired) electrons. The van der Waals surface area contributed by atoms with Crippen molar-refractivity contribution in [1.29, 1.82) is 0 Å². The van der Waals surface area contributed by atoms with Crippen molar-refractivity contribution in [2.45, 2.75) is 78.1 Å². The highest BCUT2D eigenvalue weighted by Crippen LogP contribution is 2.57. The molecule has 1 aromatic heterocycles. The number of rotatable bonds is 7. The van der Waals surface area contributed by atoms with E-state index in [4.69, 9.17) is 18.6 Å². The number of cyclic esters (lactones) is 1. The zero-order valence-corrected chi connectivity index (χ0v) is 23.6. The SMILES string of the molecule is CCC(=O)OC(C1=CC(C)(C)C(CC(=O)OC)C(C)C1=O)C1(O)C(=O)CCC2(C)C1=CC(=O)OC2c1ccoc1. The van der Waals surface area contributed by atoms with Crippen LogP contribution in [0.3, 0.4) is 0 Å². The minimum Gasteiger partial charge on any atom is -0.472 e. The van der Waals surface area contributed by atoms with E-state index in [2.05, 4.69) is 0 Å². The zero-order valence-electron chi connectivity index (χ0n) is 23.6. The van der Waals surface area contributed by atoms with Crippen molar-refractivity contribution in [3.63, 3.8) is 0 Å². The Kier molecular flexibility index (Phi) is 7.70. The molecule has 0 bridgehead atoms. The molecule has 0 aromatic carbocycles. The Morgan fingerprint density at radius 1 is 1.18 bits per heavy atom. The Labute approximate surface area is 232 Å². The third kappa shape index (κ3) is 4.72. The van der Waals surface area contributed by atoms with Crippen molar-refractivity contribution in [2.24, 2.45) is 22.7 Å². The summed E-state index contributed by atoms with van der Waals surface area (Å²) in [5.41, 5.74) is -3.89. The van der Waals surface area contributed by atoms with Crippen LogP contribution in [-0.4, -0.2) is 53.4 Å². The van der Waals surface area contributed by atoms with Gasteiger partial charge in [-0.15, -0.1) is 0 Å². The molecule has 40 heavy (non-hydrogen) atoms. The summed E-state index contributed by atoms with van der Waals surface area (Å²) >= 11 is 0. The minimum absolute atomic E-state index is 0.0171. The van der Waals surface area contributed by atoms with Crippen molar-refractivity contribution in [1.82, 2.24) is 0 Å². The topological polar surface area (TPSA) is 146 Å². The third-order valence-electron chi connectivity index (χ3n) is 8.84. The molecule has 4 rings (SSSR count). The van der Waals surface area contributed by atoms with Crippen LogP contribution in [0, 0.1) is 22.7 Å². The zero-order chi connectivity index (χ0) is 29.6. The van der Waals surface area contributed by atoms with Crippen molar-refractivity contribution in [3.8, 4) is 0 Å². The van der Waals surface area contributed by atoms with Gasteiger partial charge >= 0.3 is 17.9 Å². The van der Waals surface area contributed by atoms with E-state index >= 15 is 0 Å². The van der Waals surface area contributed by atoms with Gasteiger partial charge in [0.25, 0.3) is 0 Å². The van der Waals surface area contributed by atoms with Crippen molar-refractivity contribution >= 4 is 29.5 Å². The molecule has 0 spiro atoms. The Hall–Kier alpha value is -3.53.